The number of para-hydroxylation sites is 1. The Bertz CT molecular complexity index is 726. The summed E-state index contributed by atoms with van der Waals surface area (Å²) in [5.41, 5.74) is 0.494. The predicted molar refractivity (Wildman–Crippen MR) is 95.4 cm³/mol. The number of benzene rings is 1. The number of nitrogens with one attached hydrogen (secondary N) is 1. The molecule has 0 fully saturated rings. The average molecular weight is 362 g/mol. The first-order chi connectivity index (χ1) is 11.8. The Morgan fingerprint density at radius 2 is 1.92 bits per heavy atom. The van der Waals surface area contributed by atoms with Gasteiger partial charge in [-0.05, 0) is 43.3 Å². The zero-order chi connectivity index (χ0) is 18.4. The number of carbonyl (C=O) groups excluding carboxylic acids is 2. The molecule has 0 bridgehead atoms. The van der Waals surface area contributed by atoms with Crippen molar-refractivity contribution in [3.05, 3.63) is 30.3 Å². The molecule has 1 aromatic carbocycles. The topological polar surface area (TPSA) is 93.0 Å². The minimum absolute atomic E-state index is 0.0142. The first kappa shape index (κ1) is 18.9. The second-order valence-corrected chi connectivity index (χ2v) is 7.49. The summed E-state index contributed by atoms with van der Waals surface area (Å²) >= 11 is 1.23. The quantitative estimate of drug-likeness (QED) is 0.774. The number of rotatable bonds is 6. The smallest absolute Gasteiger partial charge is 0.240 e. The highest BCUT2D eigenvalue weighted by atomic mass is 32.2. The molecule has 0 radical (unpaired) electrons. The molecule has 0 saturated carbocycles. The van der Waals surface area contributed by atoms with Gasteiger partial charge in [0.25, 0.3) is 0 Å². The van der Waals surface area contributed by atoms with Gasteiger partial charge in [0.1, 0.15) is 0 Å². The molecule has 1 N–H and O–H groups in total. The first-order valence-electron chi connectivity index (χ1n) is 7.78. The Labute approximate surface area is 151 Å². The lowest BCUT2D eigenvalue weighted by Crippen LogP contribution is -2.46. The van der Waals surface area contributed by atoms with Crippen LogP contribution in [-0.2, 0) is 9.59 Å². The van der Waals surface area contributed by atoms with Gasteiger partial charge in [-0.3, -0.25) is 9.59 Å². The summed E-state index contributed by atoms with van der Waals surface area (Å²) in [6.07, 6.45) is 0. The van der Waals surface area contributed by atoms with Crippen molar-refractivity contribution in [1.29, 1.82) is 0 Å². The van der Waals surface area contributed by atoms with Gasteiger partial charge in [0.05, 0.1) is 18.0 Å². The molecule has 0 saturated heterocycles. The molecule has 2 aromatic rings. The summed E-state index contributed by atoms with van der Waals surface area (Å²) in [5.74, 6) is -0.217. The number of hydrogen-bond acceptors (Lipinski definition) is 6. The minimum atomic E-state index is -0.326. The molecular weight excluding hydrogens is 340 g/mol. The molecular formula is C16H22N6O2S. The molecule has 0 atom stereocenters. The van der Waals surface area contributed by atoms with E-state index in [4.69, 9.17) is 0 Å². The van der Waals surface area contributed by atoms with Crippen LogP contribution in [0.3, 0.4) is 0 Å². The lowest BCUT2D eigenvalue weighted by atomic mass is 10.1. The summed E-state index contributed by atoms with van der Waals surface area (Å²) in [6, 6.07) is 9.44. The number of aromatic nitrogens is 4. The van der Waals surface area contributed by atoms with E-state index in [-0.39, 0.29) is 29.7 Å². The van der Waals surface area contributed by atoms with E-state index in [2.05, 4.69) is 20.8 Å². The van der Waals surface area contributed by atoms with Gasteiger partial charge in [0.15, 0.2) is 0 Å². The highest BCUT2D eigenvalue weighted by Crippen LogP contribution is 2.18. The van der Waals surface area contributed by atoms with Gasteiger partial charge in [-0.1, -0.05) is 30.0 Å². The monoisotopic (exact) mass is 362 g/mol. The van der Waals surface area contributed by atoms with Crippen LogP contribution in [-0.4, -0.2) is 61.8 Å². The second kappa shape index (κ2) is 8.11. The van der Waals surface area contributed by atoms with E-state index in [9.17, 15) is 9.59 Å². The molecule has 0 spiro atoms. The summed E-state index contributed by atoms with van der Waals surface area (Å²) in [7, 11) is 1.60. The van der Waals surface area contributed by atoms with Crippen molar-refractivity contribution in [3.8, 4) is 5.69 Å². The number of hydrogen-bond donors (Lipinski definition) is 1. The Morgan fingerprint density at radius 1 is 1.24 bits per heavy atom. The van der Waals surface area contributed by atoms with Gasteiger partial charge in [-0.15, -0.1) is 5.10 Å². The van der Waals surface area contributed by atoms with Crippen molar-refractivity contribution in [2.24, 2.45) is 0 Å². The summed E-state index contributed by atoms with van der Waals surface area (Å²) in [6.45, 7) is 5.70. The second-order valence-electron chi connectivity index (χ2n) is 6.55. The average Bonchev–Trinajstić information content (AvgIpc) is 3.00. The van der Waals surface area contributed by atoms with Gasteiger partial charge in [-0.2, -0.15) is 4.68 Å². The van der Waals surface area contributed by atoms with Gasteiger partial charge in [-0.25, -0.2) is 0 Å². The fraction of sp³-hybridized carbons (Fsp3) is 0.438. The van der Waals surface area contributed by atoms with Crippen LogP contribution in [0.4, 0.5) is 0 Å². The standard InChI is InChI=1S/C16H22N6O2S/c1-16(2,3)17-13(23)10-21(4)14(24)11-25-15-18-19-20-22(15)12-8-6-5-7-9-12/h5-9H,10-11H2,1-4H3,(H,17,23). The van der Waals surface area contributed by atoms with Crippen molar-refractivity contribution >= 4 is 23.6 Å². The zero-order valence-electron chi connectivity index (χ0n) is 14.8. The zero-order valence-corrected chi connectivity index (χ0v) is 15.6. The Hall–Kier alpha value is -2.42. The number of nitrogens with zero attached hydrogens (tertiary/aromatic N) is 5. The SMILES string of the molecule is CN(CC(=O)NC(C)(C)C)C(=O)CSc1nnnn1-c1ccccc1. The van der Waals surface area contributed by atoms with Crippen LogP contribution in [0.2, 0.25) is 0 Å². The summed E-state index contributed by atoms with van der Waals surface area (Å²) < 4.78 is 1.57. The van der Waals surface area contributed by atoms with Crippen molar-refractivity contribution in [1.82, 2.24) is 30.4 Å². The normalized spacial score (nSPS) is 11.2. The number of tetrazole rings is 1. The minimum Gasteiger partial charge on any atom is -0.350 e. The summed E-state index contributed by atoms with van der Waals surface area (Å²) in [4.78, 5) is 25.5. The predicted octanol–water partition coefficient (Wildman–Crippen LogP) is 1.13. The van der Waals surface area contributed by atoms with E-state index < -0.39 is 0 Å². The van der Waals surface area contributed by atoms with Gasteiger partial charge in [0.2, 0.25) is 17.0 Å². The van der Waals surface area contributed by atoms with Crippen LogP contribution in [0.1, 0.15) is 20.8 Å². The Balaban J connectivity index is 1.90. The van der Waals surface area contributed by atoms with Crippen molar-refractivity contribution in [2.45, 2.75) is 31.5 Å². The molecule has 25 heavy (non-hydrogen) atoms. The largest absolute Gasteiger partial charge is 0.350 e. The van der Waals surface area contributed by atoms with E-state index in [1.54, 1.807) is 11.7 Å². The molecule has 9 heteroatoms. The third-order valence-electron chi connectivity index (χ3n) is 3.09. The molecule has 2 amide bonds. The van der Waals surface area contributed by atoms with Crippen molar-refractivity contribution in [3.63, 3.8) is 0 Å². The van der Waals surface area contributed by atoms with E-state index in [1.807, 2.05) is 51.1 Å². The van der Waals surface area contributed by atoms with Gasteiger partial charge in [0, 0.05) is 12.6 Å². The Kier molecular flexibility index (Phi) is 6.13. The highest BCUT2D eigenvalue weighted by Gasteiger charge is 2.19. The van der Waals surface area contributed by atoms with E-state index >= 15 is 0 Å². The number of carbonyl (C=O) groups is 2. The first-order valence-corrected chi connectivity index (χ1v) is 8.76. The van der Waals surface area contributed by atoms with Crippen molar-refractivity contribution < 1.29 is 9.59 Å². The molecule has 0 aliphatic heterocycles. The Morgan fingerprint density at radius 3 is 2.56 bits per heavy atom. The van der Waals surface area contributed by atoms with Crippen LogP contribution in [0, 0.1) is 0 Å². The van der Waals surface area contributed by atoms with Crippen LogP contribution >= 0.6 is 11.8 Å². The number of likely N-dealkylation sites (N-methyl/N-ethyl adjacent to an activating group) is 1. The van der Waals surface area contributed by atoms with Crippen LogP contribution < -0.4 is 5.32 Å². The number of thioether (sulfide) groups is 1. The molecule has 134 valence electrons. The maximum absolute atomic E-state index is 12.2. The molecule has 0 unspecified atom stereocenters. The maximum Gasteiger partial charge on any atom is 0.240 e. The summed E-state index contributed by atoms with van der Waals surface area (Å²) in [5, 5.41) is 14.9. The number of amides is 2. The van der Waals surface area contributed by atoms with Gasteiger partial charge >= 0.3 is 0 Å². The van der Waals surface area contributed by atoms with Gasteiger partial charge < -0.3 is 10.2 Å². The molecule has 1 heterocycles. The fourth-order valence-corrected chi connectivity index (χ4v) is 2.83. The maximum atomic E-state index is 12.2. The lowest BCUT2D eigenvalue weighted by Gasteiger charge is -2.23. The molecule has 2 rings (SSSR count). The van der Waals surface area contributed by atoms with Crippen LogP contribution in [0.5, 0.6) is 0 Å². The lowest BCUT2D eigenvalue weighted by molar-refractivity contribution is -0.133. The molecule has 8 nitrogen and oxygen atoms in total. The van der Waals surface area contributed by atoms with E-state index in [0.717, 1.165) is 5.69 Å². The van der Waals surface area contributed by atoms with Crippen molar-refractivity contribution in [2.75, 3.05) is 19.3 Å². The van der Waals surface area contributed by atoms with Crippen LogP contribution in [0.15, 0.2) is 35.5 Å². The van der Waals surface area contributed by atoms with E-state index in [1.165, 1.54) is 16.7 Å². The van der Waals surface area contributed by atoms with E-state index in [0.29, 0.717) is 5.16 Å². The third-order valence-corrected chi connectivity index (χ3v) is 3.99. The third kappa shape index (κ3) is 5.86. The molecule has 1 aromatic heterocycles. The fourth-order valence-electron chi connectivity index (χ4n) is 2.00. The molecule has 0 aliphatic rings. The molecule has 0 aliphatic carbocycles. The van der Waals surface area contributed by atoms with Crippen LogP contribution in [0.25, 0.3) is 5.69 Å². The highest BCUT2D eigenvalue weighted by molar-refractivity contribution is 7.99.